The first-order valence-corrected chi connectivity index (χ1v) is 7.90. The van der Waals surface area contributed by atoms with E-state index in [1.165, 1.54) is 37.7 Å². The lowest BCUT2D eigenvalue weighted by atomic mass is 9.74. The second kappa shape index (κ2) is 6.57. The Morgan fingerprint density at radius 1 is 1.30 bits per heavy atom. The Hall–Kier alpha value is -1.09. The van der Waals surface area contributed by atoms with Crippen LogP contribution >= 0.6 is 0 Å². The van der Waals surface area contributed by atoms with Crippen LogP contribution in [0.2, 0.25) is 0 Å². The molecule has 0 spiro atoms. The van der Waals surface area contributed by atoms with Gasteiger partial charge in [-0.15, -0.1) is 0 Å². The van der Waals surface area contributed by atoms with E-state index in [4.69, 9.17) is 4.74 Å². The van der Waals surface area contributed by atoms with Crippen LogP contribution in [-0.4, -0.2) is 18.1 Å². The molecule has 3 heteroatoms. The van der Waals surface area contributed by atoms with Gasteiger partial charge in [0, 0.05) is 12.2 Å². The molecule has 1 unspecified atom stereocenters. The van der Waals surface area contributed by atoms with Crippen LogP contribution in [0.15, 0.2) is 18.5 Å². The van der Waals surface area contributed by atoms with Gasteiger partial charge in [0.1, 0.15) is 5.75 Å². The highest BCUT2D eigenvalue weighted by Crippen LogP contribution is 2.50. The van der Waals surface area contributed by atoms with Gasteiger partial charge in [-0.2, -0.15) is 0 Å². The van der Waals surface area contributed by atoms with Crippen LogP contribution in [0.3, 0.4) is 0 Å². The van der Waals surface area contributed by atoms with Gasteiger partial charge in [0.2, 0.25) is 0 Å². The van der Waals surface area contributed by atoms with Crippen LogP contribution in [0, 0.1) is 5.41 Å². The molecule has 0 amide bonds. The Morgan fingerprint density at radius 3 is 2.55 bits per heavy atom. The minimum absolute atomic E-state index is 0.187. The Morgan fingerprint density at radius 2 is 2.00 bits per heavy atom. The number of rotatable bonds is 6. The molecule has 1 aliphatic carbocycles. The number of nitrogens with one attached hydrogen (secondary N) is 1. The summed E-state index contributed by atoms with van der Waals surface area (Å²) in [6, 6.07) is 2.53. The molecule has 1 fully saturated rings. The maximum Gasteiger partial charge on any atom is 0.138 e. The minimum Gasteiger partial charge on any atom is -0.489 e. The van der Waals surface area contributed by atoms with Crippen molar-refractivity contribution in [3.05, 3.63) is 24.0 Å². The first-order chi connectivity index (χ1) is 9.61. The molecule has 0 saturated heterocycles. The van der Waals surface area contributed by atoms with Gasteiger partial charge < -0.3 is 10.1 Å². The number of hydrogen-bond acceptors (Lipinski definition) is 3. The van der Waals surface area contributed by atoms with Gasteiger partial charge in [-0.3, -0.25) is 4.98 Å². The summed E-state index contributed by atoms with van der Waals surface area (Å²) in [5.74, 6) is 0.877. The lowest BCUT2D eigenvalue weighted by molar-refractivity contribution is 0.193. The fourth-order valence-corrected chi connectivity index (χ4v) is 3.68. The third kappa shape index (κ3) is 3.14. The Balaban J connectivity index is 2.27. The van der Waals surface area contributed by atoms with Crippen molar-refractivity contribution < 1.29 is 4.74 Å². The summed E-state index contributed by atoms with van der Waals surface area (Å²) in [4.78, 5) is 4.38. The van der Waals surface area contributed by atoms with E-state index in [0.717, 1.165) is 5.75 Å². The van der Waals surface area contributed by atoms with Gasteiger partial charge >= 0.3 is 0 Å². The second-order valence-electron chi connectivity index (χ2n) is 6.27. The summed E-state index contributed by atoms with van der Waals surface area (Å²) < 4.78 is 5.79. The van der Waals surface area contributed by atoms with E-state index in [-0.39, 0.29) is 6.10 Å². The zero-order valence-corrected chi connectivity index (χ0v) is 13.3. The second-order valence-corrected chi connectivity index (χ2v) is 6.27. The van der Waals surface area contributed by atoms with Crippen LogP contribution < -0.4 is 10.1 Å². The maximum atomic E-state index is 5.79. The highest BCUT2D eigenvalue weighted by molar-refractivity contribution is 5.28. The third-order valence-corrected chi connectivity index (χ3v) is 4.64. The molecule has 112 valence electrons. The van der Waals surface area contributed by atoms with Crippen molar-refractivity contribution in [2.45, 2.75) is 65.0 Å². The maximum absolute atomic E-state index is 5.79. The molecule has 3 nitrogen and oxygen atoms in total. The average molecular weight is 276 g/mol. The van der Waals surface area contributed by atoms with Crippen molar-refractivity contribution in [1.82, 2.24) is 10.3 Å². The minimum atomic E-state index is 0.187. The SMILES string of the molecule is CCC1(C(NC)c2cncc(OC(C)C)c2)CCCC1. The molecule has 0 aliphatic heterocycles. The van der Waals surface area contributed by atoms with Crippen molar-refractivity contribution in [2.24, 2.45) is 5.41 Å². The summed E-state index contributed by atoms with van der Waals surface area (Å²) in [5.41, 5.74) is 1.64. The molecule has 1 aliphatic rings. The van der Waals surface area contributed by atoms with Crippen molar-refractivity contribution in [3.8, 4) is 5.75 Å². The zero-order chi connectivity index (χ0) is 14.6. The van der Waals surface area contributed by atoms with E-state index >= 15 is 0 Å². The van der Waals surface area contributed by atoms with Crippen LogP contribution in [0.1, 0.15) is 64.5 Å². The van der Waals surface area contributed by atoms with E-state index in [0.29, 0.717) is 11.5 Å². The van der Waals surface area contributed by atoms with Crippen LogP contribution in [0.5, 0.6) is 5.75 Å². The molecule has 0 aromatic carbocycles. The molecule has 1 atom stereocenters. The molecule has 1 N–H and O–H groups in total. The summed E-state index contributed by atoms with van der Waals surface area (Å²) in [6.07, 6.45) is 10.5. The number of hydrogen-bond donors (Lipinski definition) is 1. The third-order valence-electron chi connectivity index (χ3n) is 4.64. The first-order valence-electron chi connectivity index (χ1n) is 7.90. The predicted octanol–water partition coefficient (Wildman–Crippen LogP) is 4.10. The summed E-state index contributed by atoms with van der Waals surface area (Å²) in [7, 11) is 2.07. The van der Waals surface area contributed by atoms with Crippen LogP contribution in [0.25, 0.3) is 0 Å². The Kier molecular flexibility index (Phi) is 5.03. The van der Waals surface area contributed by atoms with Gasteiger partial charge in [0.05, 0.1) is 12.3 Å². The van der Waals surface area contributed by atoms with Gasteiger partial charge in [-0.05, 0) is 57.2 Å². The Labute approximate surface area is 123 Å². The standard InChI is InChI=1S/C17H28N2O/c1-5-17(8-6-7-9-17)16(18-4)14-10-15(12-19-11-14)20-13(2)3/h10-13,16,18H,5-9H2,1-4H3. The van der Waals surface area contributed by atoms with Gasteiger partial charge in [0.15, 0.2) is 0 Å². The van der Waals surface area contributed by atoms with E-state index < -0.39 is 0 Å². The van der Waals surface area contributed by atoms with Crippen molar-refractivity contribution in [1.29, 1.82) is 0 Å². The first kappa shape index (κ1) is 15.3. The number of ether oxygens (including phenoxy) is 1. The van der Waals surface area contributed by atoms with Crippen molar-refractivity contribution in [2.75, 3.05) is 7.05 Å². The predicted molar refractivity (Wildman–Crippen MR) is 83.0 cm³/mol. The van der Waals surface area contributed by atoms with Crippen molar-refractivity contribution >= 4 is 0 Å². The molecular formula is C17H28N2O. The molecule has 1 saturated carbocycles. The van der Waals surface area contributed by atoms with Gasteiger partial charge in [-0.25, -0.2) is 0 Å². The van der Waals surface area contributed by atoms with Crippen LogP contribution in [-0.2, 0) is 0 Å². The van der Waals surface area contributed by atoms with Gasteiger partial charge in [-0.1, -0.05) is 19.8 Å². The lowest BCUT2D eigenvalue weighted by Crippen LogP contribution is -2.34. The fraction of sp³-hybridized carbons (Fsp3) is 0.706. The smallest absolute Gasteiger partial charge is 0.138 e. The number of aromatic nitrogens is 1. The molecule has 20 heavy (non-hydrogen) atoms. The normalized spacial score (nSPS) is 19.2. The zero-order valence-electron chi connectivity index (χ0n) is 13.3. The van der Waals surface area contributed by atoms with E-state index in [1.807, 2.05) is 26.2 Å². The van der Waals surface area contributed by atoms with Gasteiger partial charge in [0.25, 0.3) is 0 Å². The molecule has 0 bridgehead atoms. The number of nitrogens with zero attached hydrogens (tertiary/aromatic N) is 1. The van der Waals surface area contributed by atoms with Crippen molar-refractivity contribution in [3.63, 3.8) is 0 Å². The molecular weight excluding hydrogens is 248 g/mol. The van der Waals surface area contributed by atoms with E-state index in [2.05, 4.69) is 30.3 Å². The summed E-state index contributed by atoms with van der Waals surface area (Å²) in [5, 5.41) is 3.54. The topological polar surface area (TPSA) is 34.2 Å². The highest BCUT2D eigenvalue weighted by Gasteiger charge is 2.40. The quantitative estimate of drug-likeness (QED) is 0.849. The van der Waals surface area contributed by atoms with Crippen LogP contribution in [0.4, 0.5) is 0 Å². The highest BCUT2D eigenvalue weighted by atomic mass is 16.5. The molecule has 0 radical (unpaired) electrons. The lowest BCUT2D eigenvalue weighted by Gasteiger charge is -2.37. The summed E-state index contributed by atoms with van der Waals surface area (Å²) >= 11 is 0. The molecule has 1 heterocycles. The largest absolute Gasteiger partial charge is 0.489 e. The number of pyridine rings is 1. The van der Waals surface area contributed by atoms with E-state index in [9.17, 15) is 0 Å². The average Bonchev–Trinajstić information content (AvgIpc) is 2.89. The summed E-state index contributed by atoms with van der Waals surface area (Å²) in [6.45, 7) is 6.41. The molecule has 1 aromatic heterocycles. The Bertz CT molecular complexity index is 425. The monoisotopic (exact) mass is 276 g/mol. The molecule has 2 rings (SSSR count). The molecule has 1 aromatic rings. The fourth-order valence-electron chi connectivity index (χ4n) is 3.68. The van der Waals surface area contributed by atoms with E-state index in [1.54, 1.807) is 0 Å².